The van der Waals surface area contributed by atoms with E-state index in [-0.39, 0.29) is 18.2 Å². The lowest BCUT2D eigenvalue weighted by atomic mass is 10.1. The van der Waals surface area contributed by atoms with Crippen LogP contribution in [0, 0.1) is 17.1 Å². The lowest BCUT2D eigenvalue weighted by Crippen LogP contribution is -2.31. The second-order valence-electron chi connectivity index (χ2n) is 3.59. The van der Waals surface area contributed by atoms with Gasteiger partial charge in [0.15, 0.2) is 0 Å². The molecule has 0 bridgehead atoms. The standard InChI is InChI=1S/C12H15FN2O/c1-2-11(8-16)15-7-9-3-4-12(13)10(5-9)6-14/h3-5,11,15-16H,2,7-8H2,1H3/t11-/m1/s1. The molecule has 0 fully saturated rings. The average Bonchev–Trinajstić information content (AvgIpc) is 2.32. The van der Waals surface area contributed by atoms with Crippen LogP contribution in [0.4, 0.5) is 4.39 Å². The first-order valence-corrected chi connectivity index (χ1v) is 5.24. The summed E-state index contributed by atoms with van der Waals surface area (Å²) in [5, 5.41) is 20.8. The van der Waals surface area contributed by atoms with Crippen molar-refractivity contribution >= 4 is 0 Å². The molecule has 86 valence electrons. The fourth-order valence-corrected chi connectivity index (χ4v) is 1.37. The lowest BCUT2D eigenvalue weighted by molar-refractivity contribution is 0.238. The maximum Gasteiger partial charge on any atom is 0.140 e. The van der Waals surface area contributed by atoms with Gasteiger partial charge in [0.2, 0.25) is 0 Å². The molecule has 1 atom stereocenters. The first kappa shape index (κ1) is 12.6. The number of halogens is 1. The topological polar surface area (TPSA) is 56.0 Å². The van der Waals surface area contributed by atoms with Gasteiger partial charge < -0.3 is 10.4 Å². The molecule has 4 heteroatoms. The Bertz CT molecular complexity index is 383. The van der Waals surface area contributed by atoms with E-state index in [1.54, 1.807) is 12.1 Å². The predicted octanol–water partition coefficient (Wildman–Crippen LogP) is 1.56. The predicted molar refractivity (Wildman–Crippen MR) is 59.1 cm³/mol. The fourth-order valence-electron chi connectivity index (χ4n) is 1.37. The number of nitrogens with one attached hydrogen (secondary N) is 1. The van der Waals surface area contributed by atoms with E-state index in [2.05, 4.69) is 5.32 Å². The summed E-state index contributed by atoms with van der Waals surface area (Å²) >= 11 is 0. The molecular formula is C12H15FN2O. The summed E-state index contributed by atoms with van der Waals surface area (Å²) in [6, 6.07) is 6.28. The van der Waals surface area contributed by atoms with Crippen LogP contribution in [0.3, 0.4) is 0 Å². The largest absolute Gasteiger partial charge is 0.395 e. The maximum absolute atomic E-state index is 13.0. The van der Waals surface area contributed by atoms with Crippen molar-refractivity contribution in [1.29, 1.82) is 5.26 Å². The minimum atomic E-state index is -0.500. The Morgan fingerprint density at radius 2 is 2.31 bits per heavy atom. The van der Waals surface area contributed by atoms with Crippen LogP contribution in [0.1, 0.15) is 24.5 Å². The molecule has 0 aliphatic carbocycles. The third kappa shape index (κ3) is 3.30. The van der Waals surface area contributed by atoms with Crippen LogP contribution in [-0.2, 0) is 6.54 Å². The van der Waals surface area contributed by atoms with E-state index in [9.17, 15) is 4.39 Å². The third-order valence-electron chi connectivity index (χ3n) is 2.46. The SMILES string of the molecule is CC[C@H](CO)NCc1ccc(F)c(C#N)c1. The molecule has 0 aromatic heterocycles. The highest BCUT2D eigenvalue weighted by Crippen LogP contribution is 2.09. The van der Waals surface area contributed by atoms with Crippen molar-refractivity contribution in [3.63, 3.8) is 0 Å². The molecule has 0 saturated carbocycles. The Morgan fingerprint density at radius 3 is 2.88 bits per heavy atom. The molecule has 0 saturated heterocycles. The number of nitriles is 1. The molecule has 1 aromatic carbocycles. The number of nitrogens with zero attached hydrogens (tertiary/aromatic N) is 1. The van der Waals surface area contributed by atoms with Crippen LogP contribution < -0.4 is 5.32 Å². The molecule has 3 nitrogen and oxygen atoms in total. The molecule has 0 aliphatic rings. The number of hydrogen-bond donors (Lipinski definition) is 2. The summed E-state index contributed by atoms with van der Waals surface area (Å²) in [6.45, 7) is 2.57. The quantitative estimate of drug-likeness (QED) is 0.794. The highest BCUT2D eigenvalue weighted by atomic mass is 19.1. The summed E-state index contributed by atoms with van der Waals surface area (Å²) in [4.78, 5) is 0. The fraction of sp³-hybridized carbons (Fsp3) is 0.417. The Balaban J connectivity index is 2.65. The van der Waals surface area contributed by atoms with E-state index in [1.165, 1.54) is 12.1 Å². The first-order chi connectivity index (χ1) is 7.71. The Labute approximate surface area is 94.5 Å². The van der Waals surface area contributed by atoms with Gasteiger partial charge in [0.05, 0.1) is 12.2 Å². The van der Waals surface area contributed by atoms with Gasteiger partial charge >= 0.3 is 0 Å². The van der Waals surface area contributed by atoms with Gasteiger partial charge in [-0.25, -0.2) is 4.39 Å². The summed E-state index contributed by atoms with van der Waals surface area (Å²) in [5.74, 6) is -0.500. The van der Waals surface area contributed by atoms with E-state index < -0.39 is 5.82 Å². The average molecular weight is 222 g/mol. The van der Waals surface area contributed by atoms with Crippen LogP contribution >= 0.6 is 0 Å². The van der Waals surface area contributed by atoms with Crippen molar-refractivity contribution in [2.75, 3.05) is 6.61 Å². The van der Waals surface area contributed by atoms with Crippen LogP contribution in [0.25, 0.3) is 0 Å². The molecule has 0 heterocycles. The second-order valence-corrected chi connectivity index (χ2v) is 3.59. The van der Waals surface area contributed by atoms with Gasteiger partial charge in [0.25, 0.3) is 0 Å². The Morgan fingerprint density at radius 1 is 1.56 bits per heavy atom. The zero-order valence-corrected chi connectivity index (χ0v) is 9.20. The third-order valence-corrected chi connectivity index (χ3v) is 2.46. The molecule has 0 amide bonds. The van der Waals surface area contributed by atoms with E-state index in [4.69, 9.17) is 10.4 Å². The van der Waals surface area contributed by atoms with Crippen LogP contribution in [0.15, 0.2) is 18.2 Å². The molecule has 0 radical (unpaired) electrons. The highest BCUT2D eigenvalue weighted by molar-refractivity contribution is 5.34. The van der Waals surface area contributed by atoms with Gasteiger partial charge in [-0.2, -0.15) is 5.26 Å². The molecule has 0 unspecified atom stereocenters. The van der Waals surface area contributed by atoms with Crippen molar-refractivity contribution in [2.24, 2.45) is 0 Å². The van der Waals surface area contributed by atoms with Crippen molar-refractivity contribution in [3.8, 4) is 6.07 Å². The van der Waals surface area contributed by atoms with Gasteiger partial charge in [-0.15, -0.1) is 0 Å². The van der Waals surface area contributed by atoms with Gasteiger partial charge in [-0.05, 0) is 24.1 Å². The molecule has 0 aliphatic heterocycles. The number of benzene rings is 1. The summed E-state index contributed by atoms with van der Waals surface area (Å²) < 4.78 is 13.0. The van der Waals surface area contributed by atoms with Gasteiger partial charge in [0.1, 0.15) is 11.9 Å². The van der Waals surface area contributed by atoms with Crippen molar-refractivity contribution in [2.45, 2.75) is 25.9 Å². The first-order valence-electron chi connectivity index (χ1n) is 5.24. The normalized spacial score (nSPS) is 12.1. The minimum absolute atomic E-state index is 0.0376. The smallest absolute Gasteiger partial charge is 0.140 e. The molecule has 2 N–H and O–H groups in total. The van der Waals surface area contributed by atoms with E-state index >= 15 is 0 Å². The minimum Gasteiger partial charge on any atom is -0.395 e. The lowest BCUT2D eigenvalue weighted by Gasteiger charge is -2.13. The second kappa shape index (κ2) is 6.21. The summed E-state index contributed by atoms with van der Waals surface area (Å²) in [7, 11) is 0. The maximum atomic E-state index is 13.0. The Hall–Kier alpha value is -1.44. The summed E-state index contributed by atoms with van der Waals surface area (Å²) in [5.41, 5.74) is 0.890. The van der Waals surface area contributed by atoms with Gasteiger partial charge in [0, 0.05) is 12.6 Å². The molecule has 1 rings (SSSR count). The zero-order valence-electron chi connectivity index (χ0n) is 9.20. The number of hydrogen-bond acceptors (Lipinski definition) is 3. The van der Waals surface area contributed by atoms with Crippen LogP contribution in [-0.4, -0.2) is 17.8 Å². The molecule has 0 spiro atoms. The van der Waals surface area contributed by atoms with Crippen molar-refractivity contribution in [1.82, 2.24) is 5.32 Å². The van der Waals surface area contributed by atoms with Crippen LogP contribution in [0.2, 0.25) is 0 Å². The number of aliphatic hydroxyl groups is 1. The van der Waals surface area contributed by atoms with E-state index in [0.717, 1.165) is 12.0 Å². The highest BCUT2D eigenvalue weighted by Gasteiger charge is 2.05. The number of rotatable bonds is 5. The molecular weight excluding hydrogens is 207 g/mol. The monoisotopic (exact) mass is 222 g/mol. The van der Waals surface area contributed by atoms with E-state index in [0.29, 0.717) is 6.54 Å². The van der Waals surface area contributed by atoms with Crippen molar-refractivity contribution < 1.29 is 9.50 Å². The van der Waals surface area contributed by atoms with Gasteiger partial charge in [-0.3, -0.25) is 0 Å². The van der Waals surface area contributed by atoms with E-state index in [1.807, 2.05) is 6.92 Å². The molecule has 1 aromatic rings. The zero-order chi connectivity index (χ0) is 12.0. The van der Waals surface area contributed by atoms with Crippen LogP contribution in [0.5, 0.6) is 0 Å². The van der Waals surface area contributed by atoms with Gasteiger partial charge in [-0.1, -0.05) is 13.0 Å². The number of aliphatic hydroxyl groups excluding tert-OH is 1. The summed E-state index contributed by atoms with van der Waals surface area (Å²) in [6.07, 6.45) is 0.822. The van der Waals surface area contributed by atoms with Crippen molar-refractivity contribution in [3.05, 3.63) is 35.1 Å². The molecule has 16 heavy (non-hydrogen) atoms. The Kier molecular flexibility index (Phi) is 4.90.